The second-order valence-corrected chi connectivity index (χ2v) is 8.80. The SMILES string of the molecule is C=CCn1c(C)c(/C=N\N2C(=O)[C@@H]3[C@@H]4C=C[C@H]([C@H]5C[C@H]45)[C@@H]3C2=O)c2ccccc21. The fraction of sp³-hybridized carbons (Fsp3) is 0.375. The lowest BCUT2D eigenvalue weighted by Crippen LogP contribution is -2.40. The van der Waals surface area contributed by atoms with Gasteiger partial charge >= 0.3 is 0 Å². The third-order valence-corrected chi connectivity index (χ3v) is 7.53. The van der Waals surface area contributed by atoms with Gasteiger partial charge < -0.3 is 4.57 Å². The van der Waals surface area contributed by atoms with Gasteiger partial charge in [-0.25, -0.2) is 0 Å². The summed E-state index contributed by atoms with van der Waals surface area (Å²) < 4.78 is 2.18. The summed E-state index contributed by atoms with van der Waals surface area (Å²) in [6, 6.07) is 8.12. The second-order valence-electron chi connectivity index (χ2n) is 8.80. The summed E-state index contributed by atoms with van der Waals surface area (Å²) in [5.41, 5.74) is 3.10. The van der Waals surface area contributed by atoms with E-state index in [0.717, 1.165) is 27.2 Å². The van der Waals surface area contributed by atoms with Crippen LogP contribution < -0.4 is 0 Å². The Labute approximate surface area is 169 Å². The minimum atomic E-state index is -0.207. The molecule has 5 nitrogen and oxygen atoms in total. The number of benzene rings is 1. The zero-order chi connectivity index (χ0) is 19.9. The Bertz CT molecular complexity index is 1100. The highest BCUT2D eigenvalue weighted by Gasteiger charge is 2.67. The number of aromatic nitrogens is 1. The van der Waals surface area contributed by atoms with Crippen LogP contribution in [0.2, 0.25) is 0 Å². The summed E-state index contributed by atoms with van der Waals surface area (Å²) >= 11 is 0. The topological polar surface area (TPSA) is 54.7 Å². The Morgan fingerprint density at radius 2 is 1.76 bits per heavy atom. The smallest absolute Gasteiger partial charge is 0.254 e. The molecule has 2 saturated carbocycles. The number of fused-ring (bicyclic) bond motifs is 1. The summed E-state index contributed by atoms with van der Waals surface area (Å²) in [6.45, 7) is 6.59. The van der Waals surface area contributed by atoms with Crippen molar-refractivity contribution < 1.29 is 9.59 Å². The molecule has 29 heavy (non-hydrogen) atoms. The molecule has 0 N–H and O–H groups in total. The molecule has 2 aromatic rings. The quantitative estimate of drug-likeness (QED) is 0.459. The van der Waals surface area contributed by atoms with Crippen molar-refractivity contribution in [3.63, 3.8) is 0 Å². The second kappa shape index (κ2) is 5.78. The van der Waals surface area contributed by atoms with E-state index in [4.69, 9.17) is 0 Å². The zero-order valence-electron chi connectivity index (χ0n) is 16.4. The average Bonchev–Trinajstić information content (AvgIpc) is 3.47. The average molecular weight is 385 g/mol. The minimum Gasteiger partial charge on any atom is -0.340 e. The van der Waals surface area contributed by atoms with Crippen molar-refractivity contribution in [2.24, 2.45) is 40.6 Å². The van der Waals surface area contributed by atoms with Crippen molar-refractivity contribution in [3.8, 4) is 0 Å². The highest BCUT2D eigenvalue weighted by molar-refractivity contribution is 6.08. The van der Waals surface area contributed by atoms with E-state index in [9.17, 15) is 9.59 Å². The van der Waals surface area contributed by atoms with Crippen LogP contribution in [0.5, 0.6) is 0 Å². The van der Waals surface area contributed by atoms with Crippen molar-refractivity contribution >= 4 is 28.9 Å². The summed E-state index contributed by atoms with van der Waals surface area (Å²) in [4.78, 5) is 26.2. The van der Waals surface area contributed by atoms with Gasteiger partial charge in [0.05, 0.1) is 18.1 Å². The van der Waals surface area contributed by atoms with Gasteiger partial charge in [0.2, 0.25) is 0 Å². The number of hydrogen-bond donors (Lipinski definition) is 0. The molecule has 146 valence electrons. The fourth-order valence-corrected chi connectivity index (χ4v) is 6.16. The van der Waals surface area contributed by atoms with E-state index in [1.165, 1.54) is 6.42 Å². The van der Waals surface area contributed by atoms with Gasteiger partial charge in [-0.05, 0) is 43.1 Å². The van der Waals surface area contributed by atoms with Crippen LogP contribution in [0.25, 0.3) is 10.9 Å². The summed E-state index contributed by atoms with van der Waals surface area (Å²) in [6.07, 6.45) is 9.10. The van der Waals surface area contributed by atoms with E-state index in [1.807, 2.05) is 31.2 Å². The first-order valence-electron chi connectivity index (χ1n) is 10.4. The molecule has 7 rings (SSSR count). The largest absolute Gasteiger partial charge is 0.340 e. The van der Waals surface area contributed by atoms with Gasteiger partial charge in [-0.3, -0.25) is 9.59 Å². The lowest BCUT2D eigenvalue weighted by molar-refractivity contribution is -0.140. The third kappa shape index (κ3) is 2.13. The molecule has 2 heterocycles. The standard InChI is InChI=1S/C24H23N3O2/c1-3-10-26-13(2)19(14-6-4-5-7-20(14)26)12-25-27-23(28)21-15-8-9-16(18-11-17(15)18)22(21)24(27)29/h3-9,12,15-18,21-22H,1,10-11H2,2H3/b25-12-/t15-,16-,17-,18-,21-,22+/m1/s1. The van der Waals surface area contributed by atoms with Gasteiger partial charge in [0.25, 0.3) is 11.8 Å². The monoisotopic (exact) mass is 385 g/mol. The van der Waals surface area contributed by atoms with E-state index in [2.05, 4.69) is 34.5 Å². The van der Waals surface area contributed by atoms with Crippen LogP contribution in [0.3, 0.4) is 0 Å². The number of nitrogens with zero attached hydrogens (tertiary/aromatic N) is 3. The number of amides is 2. The Morgan fingerprint density at radius 1 is 1.10 bits per heavy atom. The molecule has 5 aliphatic rings. The molecule has 1 saturated heterocycles. The molecule has 0 spiro atoms. The molecule has 2 bridgehead atoms. The number of imide groups is 1. The molecular weight excluding hydrogens is 362 g/mol. The molecule has 5 heteroatoms. The molecule has 6 atom stereocenters. The Hall–Kier alpha value is -2.95. The van der Waals surface area contributed by atoms with Gasteiger partial charge in [0.15, 0.2) is 0 Å². The number of rotatable bonds is 4. The van der Waals surface area contributed by atoms with Gasteiger partial charge in [-0.1, -0.05) is 36.4 Å². The van der Waals surface area contributed by atoms with Crippen molar-refractivity contribution in [2.75, 3.05) is 0 Å². The van der Waals surface area contributed by atoms with Crippen LogP contribution in [0, 0.1) is 42.4 Å². The van der Waals surface area contributed by atoms with E-state index in [-0.39, 0.29) is 35.5 Å². The highest BCUT2D eigenvalue weighted by Crippen LogP contribution is 2.65. The molecule has 0 unspecified atom stereocenters. The molecule has 4 aliphatic carbocycles. The molecule has 1 aromatic heterocycles. The maximum Gasteiger partial charge on any atom is 0.254 e. The number of allylic oxidation sites excluding steroid dienone is 3. The highest BCUT2D eigenvalue weighted by atomic mass is 16.2. The normalized spacial score (nSPS) is 34.3. The fourth-order valence-electron chi connectivity index (χ4n) is 6.16. The van der Waals surface area contributed by atoms with E-state index in [1.54, 1.807) is 6.21 Å². The van der Waals surface area contributed by atoms with Crippen LogP contribution in [0.1, 0.15) is 17.7 Å². The number of carbonyl (C=O) groups is 2. The Kier molecular flexibility index (Phi) is 3.38. The van der Waals surface area contributed by atoms with Gasteiger partial charge in [0.1, 0.15) is 0 Å². The first kappa shape index (κ1) is 17.0. The predicted octanol–water partition coefficient (Wildman–Crippen LogP) is 3.52. The van der Waals surface area contributed by atoms with Crippen molar-refractivity contribution in [1.29, 1.82) is 0 Å². The Morgan fingerprint density at radius 3 is 2.41 bits per heavy atom. The summed E-state index contributed by atoms with van der Waals surface area (Å²) in [5.74, 6) is 1.01. The third-order valence-electron chi connectivity index (χ3n) is 7.53. The van der Waals surface area contributed by atoms with Gasteiger partial charge in [-0.2, -0.15) is 10.1 Å². The van der Waals surface area contributed by atoms with Crippen LogP contribution in [0.4, 0.5) is 0 Å². The van der Waals surface area contributed by atoms with E-state index < -0.39 is 0 Å². The minimum absolute atomic E-state index is 0.117. The van der Waals surface area contributed by atoms with Gasteiger partial charge in [-0.15, -0.1) is 6.58 Å². The molecule has 1 aromatic carbocycles. The maximum absolute atomic E-state index is 13.1. The summed E-state index contributed by atoms with van der Waals surface area (Å²) in [7, 11) is 0. The summed E-state index contributed by atoms with van der Waals surface area (Å²) in [5, 5.41) is 6.67. The van der Waals surface area contributed by atoms with Crippen LogP contribution in [0.15, 0.2) is 54.2 Å². The van der Waals surface area contributed by atoms with Crippen molar-refractivity contribution in [2.45, 2.75) is 19.9 Å². The molecule has 3 fully saturated rings. The van der Waals surface area contributed by atoms with Crippen LogP contribution >= 0.6 is 0 Å². The number of hydrazone groups is 1. The first-order valence-corrected chi connectivity index (χ1v) is 10.4. The van der Waals surface area contributed by atoms with Crippen molar-refractivity contribution in [3.05, 3.63) is 60.3 Å². The van der Waals surface area contributed by atoms with Crippen LogP contribution in [-0.2, 0) is 16.1 Å². The van der Waals surface area contributed by atoms with E-state index >= 15 is 0 Å². The van der Waals surface area contributed by atoms with Crippen molar-refractivity contribution in [1.82, 2.24) is 9.58 Å². The Balaban J connectivity index is 1.37. The molecule has 2 amide bonds. The maximum atomic E-state index is 13.1. The molecular formula is C24H23N3O2. The number of para-hydroxylation sites is 1. The molecule has 1 aliphatic heterocycles. The predicted molar refractivity (Wildman–Crippen MR) is 111 cm³/mol. The number of carbonyl (C=O) groups excluding carboxylic acids is 2. The lowest BCUT2D eigenvalue weighted by atomic mass is 9.63. The lowest BCUT2D eigenvalue weighted by Gasteiger charge is -2.37. The van der Waals surface area contributed by atoms with E-state index in [0.29, 0.717) is 18.4 Å². The zero-order valence-corrected chi connectivity index (χ0v) is 16.4. The molecule has 0 radical (unpaired) electrons. The first-order chi connectivity index (χ1) is 14.1. The van der Waals surface area contributed by atoms with Crippen LogP contribution in [-0.4, -0.2) is 27.6 Å². The van der Waals surface area contributed by atoms with Gasteiger partial charge in [0, 0.05) is 28.7 Å². The number of hydrogen-bond acceptors (Lipinski definition) is 3.